The minimum absolute atomic E-state index is 0.0115. The summed E-state index contributed by atoms with van der Waals surface area (Å²) in [5.41, 5.74) is 8.35. The Hall–Kier alpha value is -5.18. The molecule has 8 heteroatoms. The maximum Gasteiger partial charge on any atom is 0.138 e. The zero-order valence-corrected chi connectivity index (χ0v) is 34.7. The molecule has 0 saturated carbocycles. The standard InChI is InChI=1S/C48H44N6S2/c1-45(2)47(5,6)55-43(51-45)35-17-13-21-41(49-35)53-37-19-11-9-15-31(37)33-27-29(23-25-39(33)53)30-24-26-40-34(28-30)32-16-10-12-20-38(32)54(40)42-22-14-18-36(50-42)44-52-46(3,4)48(7,8)56-44/h9-28H,1-8H3. The number of para-hydroxylation sites is 2. The maximum atomic E-state index is 5.24. The minimum atomic E-state index is -0.173. The van der Waals surface area contributed by atoms with Gasteiger partial charge in [0.2, 0.25) is 0 Å². The molecule has 0 unspecified atom stereocenters. The Kier molecular flexibility index (Phi) is 7.65. The molecule has 8 aromatic rings. The van der Waals surface area contributed by atoms with Crippen molar-refractivity contribution in [1.29, 1.82) is 0 Å². The van der Waals surface area contributed by atoms with Crippen LogP contribution in [0, 0.1) is 0 Å². The summed E-state index contributed by atoms with van der Waals surface area (Å²) in [7, 11) is 0. The summed E-state index contributed by atoms with van der Waals surface area (Å²) < 4.78 is 4.57. The summed E-state index contributed by atoms with van der Waals surface area (Å²) >= 11 is 3.63. The highest BCUT2D eigenvalue weighted by Crippen LogP contribution is 2.48. The zero-order chi connectivity index (χ0) is 38.8. The lowest BCUT2D eigenvalue weighted by Crippen LogP contribution is -2.36. The summed E-state index contributed by atoms with van der Waals surface area (Å²) in [5.74, 6) is 1.79. The van der Waals surface area contributed by atoms with Crippen LogP contribution in [-0.2, 0) is 0 Å². The van der Waals surface area contributed by atoms with E-state index in [2.05, 4.69) is 186 Å². The summed E-state index contributed by atoms with van der Waals surface area (Å²) in [6.07, 6.45) is 0. The van der Waals surface area contributed by atoms with Crippen molar-refractivity contribution in [3.05, 3.63) is 133 Å². The number of aromatic nitrogens is 4. The Labute approximate surface area is 336 Å². The third-order valence-corrected chi connectivity index (χ3v) is 15.5. The van der Waals surface area contributed by atoms with Crippen molar-refractivity contribution in [2.45, 2.75) is 76.0 Å². The van der Waals surface area contributed by atoms with Crippen molar-refractivity contribution < 1.29 is 0 Å². The van der Waals surface area contributed by atoms with Crippen LogP contribution in [-0.4, -0.2) is 49.8 Å². The highest BCUT2D eigenvalue weighted by molar-refractivity contribution is 8.16. The number of hydrogen-bond donors (Lipinski definition) is 0. The number of benzene rings is 4. The van der Waals surface area contributed by atoms with Crippen molar-refractivity contribution in [3.63, 3.8) is 0 Å². The highest BCUT2D eigenvalue weighted by atomic mass is 32.2. The molecule has 0 atom stereocenters. The van der Waals surface area contributed by atoms with E-state index in [4.69, 9.17) is 20.0 Å². The number of pyridine rings is 2. The van der Waals surface area contributed by atoms with Gasteiger partial charge in [0, 0.05) is 31.0 Å². The van der Waals surface area contributed by atoms with Crippen LogP contribution in [0.4, 0.5) is 0 Å². The molecule has 6 nitrogen and oxygen atoms in total. The first kappa shape index (κ1) is 35.2. The second-order valence-corrected chi connectivity index (χ2v) is 20.3. The third-order valence-electron chi connectivity index (χ3n) is 12.5. The van der Waals surface area contributed by atoms with Gasteiger partial charge < -0.3 is 0 Å². The van der Waals surface area contributed by atoms with E-state index in [-0.39, 0.29) is 20.6 Å². The molecular weight excluding hydrogens is 725 g/mol. The van der Waals surface area contributed by atoms with E-state index >= 15 is 0 Å². The lowest BCUT2D eigenvalue weighted by atomic mass is 9.91. The molecule has 10 rings (SSSR count). The predicted molar refractivity (Wildman–Crippen MR) is 241 cm³/mol. The van der Waals surface area contributed by atoms with Crippen LogP contribution in [0.3, 0.4) is 0 Å². The first-order valence-corrected chi connectivity index (χ1v) is 20.9. The molecule has 6 heterocycles. The molecule has 0 fully saturated rings. The maximum absolute atomic E-state index is 5.24. The SMILES string of the molecule is CC1(C)N=C(c2cccc(-n3c4ccccc4c4cc(-c5ccc6c(c5)c5ccccc5n6-c5cccc(C6=NC(C)(C)C(C)(C)S6)n5)ccc43)n2)SC1(C)C. The summed E-state index contributed by atoms with van der Waals surface area (Å²) in [6, 6.07) is 43.6. The molecule has 0 aliphatic carbocycles. The van der Waals surface area contributed by atoms with Crippen molar-refractivity contribution in [2.24, 2.45) is 9.98 Å². The van der Waals surface area contributed by atoms with Gasteiger partial charge in [0.05, 0.1) is 44.5 Å². The first-order chi connectivity index (χ1) is 26.7. The first-order valence-electron chi connectivity index (χ1n) is 19.3. The minimum Gasteiger partial charge on any atom is -0.294 e. The zero-order valence-electron chi connectivity index (χ0n) is 33.0. The molecule has 4 aromatic carbocycles. The van der Waals surface area contributed by atoms with Crippen LogP contribution >= 0.6 is 23.5 Å². The van der Waals surface area contributed by atoms with Crippen LogP contribution in [0.25, 0.3) is 66.4 Å². The molecule has 2 aliphatic rings. The van der Waals surface area contributed by atoms with Crippen LogP contribution in [0.2, 0.25) is 0 Å². The molecule has 0 saturated heterocycles. The van der Waals surface area contributed by atoms with Crippen LogP contribution < -0.4 is 0 Å². The summed E-state index contributed by atoms with van der Waals surface area (Å²) in [6.45, 7) is 17.9. The molecule has 0 spiro atoms. The van der Waals surface area contributed by atoms with E-state index in [1.54, 1.807) is 0 Å². The number of rotatable bonds is 5. The average Bonchev–Trinajstić information content (AvgIpc) is 3.83. The van der Waals surface area contributed by atoms with Crippen molar-refractivity contribution in [1.82, 2.24) is 19.1 Å². The highest BCUT2D eigenvalue weighted by Gasteiger charge is 2.45. The molecule has 4 aromatic heterocycles. The molecule has 56 heavy (non-hydrogen) atoms. The van der Waals surface area contributed by atoms with Crippen LogP contribution in [0.15, 0.2) is 131 Å². The number of nitrogens with zero attached hydrogens (tertiary/aromatic N) is 6. The van der Waals surface area contributed by atoms with Gasteiger partial charge >= 0.3 is 0 Å². The Morgan fingerprint density at radius 2 is 0.804 bits per heavy atom. The Morgan fingerprint density at radius 3 is 1.20 bits per heavy atom. The lowest BCUT2D eigenvalue weighted by Gasteiger charge is -2.30. The van der Waals surface area contributed by atoms with Gasteiger partial charge in [0.1, 0.15) is 21.7 Å². The van der Waals surface area contributed by atoms with Gasteiger partial charge in [-0.05, 0) is 127 Å². The second-order valence-electron chi connectivity index (χ2n) is 17.1. The van der Waals surface area contributed by atoms with Gasteiger partial charge in [-0.2, -0.15) is 0 Å². The molecule has 0 bridgehead atoms. The van der Waals surface area contributed by atoms with Crippen LogP contribution in [0.1, 0.15) is 66.8 Å². The van der Waals surface area contributed by atoms with Crippen molar-refractivity contribution >= 4 is 77.2 Å². The van der Waals surface area contributed by atoms with E-state index in [1.165, 1.54) is 32.7 Å². The monoisotopic (exact) mass is 768 g/mol. The summed E-state index contributed by atoms with van der Waals surface area (Å²) in [5, 5.41) is 6.80. The largest absolute Gasteiger partial charge is 0.294 e. The van der Waals surface area contributed by atoms with Gasteiger partial charge in [-0.3, -0.25) is 19.1 Å². The Morgan fingerprint density at radius 1 is 0.411 bits per heavy atom. The van der Waals surface area contributed by atoms with Crippen LogP contribution in [0.5, 0.6) is 0 Å². The number of aliphatic imine (C=N–C) groups is 2. The number of fused-ring (bicyclic) bond motifs is 6. The molecule has 2 aliphatic heterocycles. The molecule has 0 amide bonds. The molecule has 0 radical (unpaired) electrons. The topological polar surface area (TPSA) is 60.4 Å². The molecule has 0 N–H and O–H groups in total. The lowest BCUT2D eigenvalue weighted by molar-refractivity contribution is 0.426. The fourth-order valence-corrected chi connectivity index (χ4v) is 10.4. The van der Waals surface area contributed by atoms with E-state index in [0.29, 0.717) is 0 Å². The normalized spacial score (nSPS) is 18.3. The fraction of sp³-hybridized carbons (Fsp3) is 0.250. The number of hydrogen-bond acceptors (Lipinski definition) is 6. The quantitative estimate of drug-likeness (QED) is 0.175. The summed E-state index contributed by atoms with van der Waals surface area (Å²) in [4.78, 5) is 20.7. The fourth-order valence-electron chi connectivity index (χ4n) is 7.91. The Bertz CT molecular complexity index is 2790. The third kappa shape index (κ3) is 5.32. The van der Waals surface area contributed by atoms with Gasteiger partial charge in [-0.25, -0.2) is 9.97 Å². The molecular formula is C48H44N6S2. The van der Waals surface area contributed by atoms with E-state index in [9.17, 15) is 0 Å². The predicted octanol–water partition coefficient (Wildman–Crippen LogP) is 12.4. The number of thioether (sulfide) groups is 2. The van der Waals surface area contributed by atoms with Gasteiger partial charge in [-0.1, -0.05) is 84.2 Å². The Balaban J connectivity index is 1.08. The van der Waals surface area contributed by atoms with Crippen molar-refractivity contribution in [2.75, 3.05) is 0 Å². The van der Waals surface area contributed by atoms with Crippen molar-refractivity contribution in [3.8, 4) is 22.8 Å². The average molecular weight is 769 g/mol. The van der Waals surface area contributed by atoms with E-state index < -0.39 is 0 Å². The van der Waals surface area contributed by atoms with Gasteiger partial charge in [0.25, 0.3) is 0 Å². The smallest absolute Gasteiger partial charge is 0.138 e. The second kappa shape index (κ2) is 12.2. The van der Waals surface area contributed by atoms with E-state index in [0.717, 1.165) is 55.2 Å². The molecule has 278 valence electrons. The van der Waals surface area contributed by atoms with Gasteiger partial charge in [-0.15, -0.1) is 0 Å². The van der Waals surface area contributed by atoms with Gasteiger partial charge in [0.15, 0.2) is 0 Å². The van der Waals surface area contributed by atoms with E-state index in [1.807, 2.05) is 23.5 Å².